The SMILES string of the molecule is CSc1ccc(-n2c(-c3ccc(C)cc3)cc(=O)n(CC(O)CN3CCN(c4ccc([N+](=O)[O-])cc4)CC3)c2=O)cc1. The zero-order chi connectivity index (χ0) is 29.8. The van der Waals surface area contributed by atoms with Gasteiger partial charge in [0.1, 0.15) is 0 Å². The Balaban J connectivity index is 1.34. The molecule has 0 radical (unpaired) electrons. The van der Waals surface area contributed by atoms with Crippen molar-refractivity contribution in [2.24, 2.45) is 0 Å². The van der Waals surface area contributed by atoms with Crippen molar-refractivity contribution in [1.29, 1.82) is 0 Å². The third kappa shape index (κ3) is 6.48. The second-order valence-corrected chi connectivity index (χ2v) is 11.3. The van der Waals surface area contributed by atoms with E-state index in [1.165, 1.54) is 22.8 Å². The van der Waals surface area contributed by atoms with Crippen molar-refractivity contribution in [2.75, 3.05) is 43.9 Å². The first kappa shape index (κ1) is 29.3. The molecule has 0 saturated carbocycles. The summed E-state index contributed by atoms with van der Waals surface area (Å²) in [6.45, 7) is 4.87. The number of rotatable bonds is 9. The standard InChI is InChI=1S/C31H33N5O5S/c1-22-3-5-23(6-4-22)29-19-30(38)34(31(39)35(29)25-11-13-28(42-2)14-12-25)21-27(37)20-32-15-17-33(18-16-32)24-7-9-26(10-8-24)36(40)41/h3-14,19,27,37H,15-18,20-21H2,1-2H3. The van der Waals surface area contributed by atoms with Gasteiger partial charge in [-0.15, -0.1) is 11.8 Å². The lowest BCUT2D eigenvalue weighted by molar-refractivity contribution is -0.384. The van der Waals surface area contributed by atoms with Gasteiger partial charge in [0, 0.05) is 61.5 Å². The van der Waals surface area contributed by atoms with Crippen LogP contribution in [0.25, 0.3) is 16.9 Å². The number of benzene rings is 3. The van der Waals surface area contributed by atoms with E-state index in [0.717, 1.165) is 26.3 Å². The van der Waals surface area contributed by atoms with Crippen molar-refractivity contribution >= 4 is 23.1 Å². The van der Waals surface area contributed by atoms with Gasteiger partial charge in [0.2, 0.25) is 0 Å². The summed E-state index contributed by atoms with van der Waals surface area (Å²) in [6, 6.07) is 23.2. The topological polar surface area (TPSA) is 114 Å². The van der Waals surface area contributed by atoms with Crippen LogP contribution in [0.5, 0.6) is 0 Å². The number of non-ortho nitro benzene ring substituents is 1. The van der Waals surface area contributed by atoms with E-state index in [4.69, 9.17) is 0 Å². The monoisotopic (exact) mass is 587 g/mol. The summed E-state index contributed by atoms with van der Waals surface area (Å²) in [4.78, 5) is 42.9. The summed E-state index contributed by atoms with van der Waals surface area (Å²) in [5.74, 6) is 0. The fraction of sp³-hybridized carbons (Fsp3) is 0.290. The van der Waals surface area contributed by atoms with Crippen LogP contribution < -0.4 is 16.1 Å². The number of hydrogen-bond acceptors (Lipinski definition) is 8. The summed E-state index contributed by atoms with van der Waals surface area (Å²) < 4.78 is 2.64. The minimum absolute atomic E-state index is 0.0543. The number of β-amino-alcohol motifs (C(OH)–C–C–N with tert-alkyl or cyclic N) is 1. The van der Waals surface area contributed by atoms with Gasteiger partial charge >= 0.3 is 5.69 Å². The van der Waals surface area contributed by atoms with Crippen LogP contribution in [0.1, 0.15) is 5.56 Å². The number of nitro benzene ring substituents is 1. The Hall–Kier alpha value is -4.19. The molecule has 1 saturated heterocycles. The van der Waals surface area contributed by atoms with Gasteiger partial charge in [0.25, 0.3) is 11.2 Å². The largest absolute Gasteiger partial charge is 0.390 e. The van der Waals surface area contributed by atoms with Crippen LogP contribution in [0.2, 0.25) is 0 Å². The molecule has 42 heavy (non-hydrogen) atoms. The molecule has 0 spiro atoms. The Kier molecular flexibility index (Phi) is 8.91. The molecule has 1 aliphatic rings. The maximum absolute atomic E-state index is 13.8. The minimum Gasteiger partial charge on any atom is -0.390 e. The molecule has 5 rings (SSSR count). The summed E-state index contributed by atoms with van der Waals surface area (Å²) in [7, 11) is 0. The molecule has 3 aromatic carbocycles. The Morgan fingerprint density at radius 1 is 0.881 bits per heavy atom. The van der Waals surface area contributed by atoms with Crippen LogP contribution in [0.3, 0.4) is 0 Å². The van der Waals surface area contributed by atoms with E-state index in [9.17, 15) is 24.8 Å². The molecule has 1 unspecified atom stereocenters. The first-order valence-corrected chi connectivity index (χ1v) is 14.9. The van der Waals surface area contributed by atoms with Crippen LogP contribution in [0, 0.1) is 17.0 Å². The van der Waals surface area contributed by atoms with Crippen LogP contribution in [-0.2, 0) is 6.54 Å². The van der Waals surface area contributed by atoms with Crippen LogP contribution in [0.15, 0.2) is 93.3 Å². The van der Waals surface area contributed by atoms with Crippen LogP contribution in [0.4, 0.5) is 11.4 Å². The molecule has 0 amide bonds. The first-order valence-electron chi connectivity index (χ1n) is 13.7. The Bertz CT molecular complexity index is 1660. The highest BCUT2D eigenvalue weighted by Crippen LogP contribution is 2.23. The first-order chi connectivity index (χ1) is 20.2. The molecule has 0 aliphatic carbocycles. The van der Waals surface area contributed by atoms with Gasteiger partial charge < -0.3 is 10.0 Å². The summed E-state index contributed by atoms with van der Waals surface area (Å²) in [6.07, 6.45) is 1.05. The van der Waals surface area contributed by atoms with Gasteiger partial charge in [0.15, 0.2) is 0 Å². The molecule has 1 aromatic heterocycles. The molecule has 0 bridgehead atoms. The molecule has 2 heterocycles. The van der Waals surface area contributed by atoms with Crippen molar-refractivity contribution in [3.05, 3.63) is 115 Å². The number of aromatic nitrogens is 2. The van der Waals surface area contributed by atoms with Crippen molar-refractivity contribution < 1.29 is 10.0 Å². The maximum atomic E-state index is 13.8. The zero-order valence-electron chi connectivity index (χ0n) is 23.6. The van der Waals surface area contributed by atoms with Crippen LogP contribution >= 0.6 is 11.8 Å². The van der Waals surface area contributed by atoms with Gasteiger partial charge in [-0.3, -0.25) is 28.9 Å². The third-order valence-corrected chi connectivity index (χ3v) is 8.27. The van der Waals surface area contributed by atoms with Gasteiger partial charge in [0.05, 0.1) is 29.0 Å². The lowest BCUT2D eigenvalue weighted by Gasteiger charge is -2.36. The summed E-state index contributed by atoms with van der Waals surface area (Å²) >= 11 is 1.60. The number of aliphatic hydroxyl groups is 1. The van der Waals surface area contributed by atoms with Gasteiger partial charge in [-0.05, 0) is 55.1 Å². The third-order valence-electron chi connectivity index (χ3n) is 7.53. The number of nitro groups is 1. The number of nitrogens with zero attached hydrogens (tertiary/aromatic N) is 5. The quantitative estimate of drug-likeness (QED) is 0.179. The maximum Gasteiger partial charge on any atom is 0.336 e. The molecule has 218 valence electrons. The van der Waals surface area contributed by atoms with E-state index in [2.05, 4.69) is 9.80 Å². The summed E-state index contributed by atoms with van der Waals surface area (Å²) in [5.41, 5.74) is 2.95. The van der Waals surface area contributed by atoms with E-state index in [0.29, 0.717) is 44.1 Å². The van der Waals surface area contributed by atoms with Crippen LogP contribution in [-0.4, -0.2) is 69.1 Å². The Morgan fingerprint density at radius 2 is 1.50 bits per heavy atom. The highest BCUT2D eigenvalue weighted by atomic mass is 32.2. The molecule has 10 nitrogen and oxygen atoms in total. The van der Waals surface area contributed by atoms with Gasteiger partial charge in [-0.1, -0.05) is 29.8 Å². The molecule has 1 aliphatic heterocycles. The fourth-order valence-corrected chi connectivity index (χ4v) is 5.61. The highest BCUT2D eigenvalue weighted by Gasteiger charge is 2.22. The Morgan fingerprint density at radius 3 is 2.10 bits per heavy atom. The fourth-order valence-electron chi connectivity index (χ4n) is 5.20. The molecule has 11 heteroatoms. The minimum atomic E-state index is -0.932. The smallest absolute Gasteiger partial charge is 0.336 e. The van der Waals surface area contributed by atoms with Crippen molar-refractivity contribution in [3.8, 4) is 16.9 Å². The second kappa shape index (κ2) is 12.8. The second-order valence-electron chi connectivity index (χ2n) is 10.4. The number of piperazine rings is 1. The lowest BCUT2D eigenvalue weighted by atomic mass is 10.1. The predicted molar refractivity (Wildman–Crippen MR) is 166 cm³/mol. The average molecular weight is 588 g/mol. The number of hydrogen-bond donors (Lipinski definition) is 1. The highest BCUT2D eigenvalue weighted by molar-refractivity contribution is 7.98. The van der Waals surface area contributed by atoms with Crippen molar-refractivity contribution in [2.45, 2.75) is 24.5 Å². The van der Waals surface area contributed by atoms with E-state index in [1.54, 1.807) is 23.9 Å². The normalized spacial score (nSPS) is 14.6. The summed E-state index contributed by atoms with van der Waals surface area (Å²) in [5, 5.41) is 21.9. The van der Waals surface area contributed by atoms with Gasteiger partial charge in [-0.2, -0.15) is 0 Å². The number of aliphatic hydroxyl groups excluding tert-OH is 1. The van der Waals surface area contributed by atoms with E-state index < -0.39 is 22.3 Å². The van der Waals surface area contributed by atoms with Gasteiger partial charge in [-0.25, -0.2) is 4.79 Å². The van der Waals surface area contributed by atoms with Crippen molar-refractivity contribution in [1.82, 2.24) is 14.0 Å². The number of anilines is 1. The Labute approximate surface area is 247 Å². The zero-order valence-corrected chi connectivity index (χ0v) is 24.4. The predicted octanol–water partition coefficient (Wildman–Crippen LogP) is 3.79. The van der Waals surface area contributed by atoms with E-state index >= 15 is 0 Å². The molecule has 1 N–H and O–H groups in total. The van der Waals surface area contributed by atoms with E-state index in [1.807, 2.05) is 61.7 Å². The lowest BCUT2D eigenvalue weighted by Crippen LogP contribution is -2.50. The van der Waals surface area contributed by atoms with Crippen molar-refractivity contribution in [3.63, 3.8) is 0 Å². The van der Waals surface area contributed by atoms with E-state index in [-0.39, 0.29) is 12.2 Å². The number of aryl methyl sites for hydroxylation is 1. The number of thioether (sulfide) groups is 1. The molecule has 1 atom stereocenters. The molecular formula is C31H33N5O5S. The molecule has 4 aromatic rings. The molecular weight excluding hydrogens is 554 g/mol. The average Bonchev–Trinajstić information content (AvgIpc) is 3.00. The molecule has 1 fully saturated rings.